The van der Waals surface area contributed by atoms with Gasteiger partial charge in [-0.2, -0.15) is 13.2 Å². The number of carbonyl (C=O) groups is 2. The monoisotopic (exact) mass is 354 g/mol. The molecule has 25 heavy (non-hydrogen) atoms. The molecule has 134 valence electrons. The molecule has 0 aliphatic heterocycles. The molecule has 2 aromatic rings. The highest BCUT2D eigenvalue weighted by Crippen LogP contribution is 2.34. The fraction of sp³-hybridized carbons (Fsp3) is 0.294. The summed E-state index contributed by atoms with van der Waals surface area (Å²) in [5.74, 6) is -1.12. The summed E-state index contributed by atoms with van der Waals surface area (Å²) >= 11 is 0. The largest absolute Gasteiger partial charge is 0.459 e. The maximum absolute atomic E-state index is 13.0. The lowest BCUT2D eigenvalue weighted by Crippen LogP contribution is -2.38. The molecule has 0 radical (unpaired) electrons. The Labute approximate surface area is 142 Å². The lowest BCUT2D eigenvalue weighted by Gasteiger charge is -2.20. The zero-order chi connectivity index (χ0) is 18.6. The van der Waals surface area contributed by atoms with Gasteiger partial charge in [0.15, 0.2) is 5.76 Å². The van der Waals surface area contributed by atoms with Gasteiger partial charge in [-0.3, -0.25) is 9.59 Å². The van der Waals surface area contributed by atoms with Gasteiger partial charge in [-0.1, -0.05) is 12.1 Å². The van der Waals surface area contributed by atoms with E-state index in [1.165, 1.54) is 23.3 Å². The Kier molecular flexibility index (Phi) is 5.51. The van der Waals surface area contributed by atoms with Crippen LogP contribution in [-0.2, 0) is 11.0 Å². The predicted molar refractivity (Wildman–Crippen MR) is 85.1 cm³/mol. The molecule has 0 fully saturated rings. The lowest BCUT2D eigenvalue weighted by atomic mass is 10.1. The number of rotatable bonds is 5. The van der Waals surface area contributed by atoms with E-state index in [4.69, 9.17) is 4.42 Å². The maximum atomic E-state index is 13.0. The molecule has 5 nitrogen and oxygen atoms in total. The summed E-state index contributed by atoms with van der Waals surface area (Å²) in [5, 5.41) is 2.21. The smallest absolute Gasteiger partial charge is 0.418 e. The Morgan fingerprint density at radius 1 is 1.20 bits per heavy atom. The number of furan rings is 1. The van der Waals surface area contributed by atoms with E-state index < -0.39 is 23.6 Å². The van der Waals surface area contributed by atoms with Crippen molar-refractivity contribution in [2.24, 2.45) is 0 Å². The molecule has 0 saturated heterocycles. The number of nitrogens with one attached hydrogen (secondary N) is 1. The fourth-order valence-corrected chi connectivity index (χ4v) is 2.27. The van der Waals surface area contributed by atoms with Crippen LogP contribution in [-0.4, -0.2) is 29.8 Å². The van der Waals surface area contributed by atoms with Gasteiger partial charge in [0.25, 0.3) is 5.91 Å². The summed E-state index contributed by atoms with van der Waals surface area (Å²) in [4.78, 5) is 25.7. The third-order valence-corrected chi connectivity index (χ3v) is 3.57. The molecule has 0 aliphatic rings. The van der Waals surface area contributed by atoms with Crippen molar-refractivity contribution in [3.05, 3.63) is 53.5 Å². The number of hydrogen-bond donors (Lipinski definition) is 1. The number of amides is 2. The summed E-state index contributed by atoms with van der Waals surface area (Å²) < 4.78 is 44.0. The Morgan fingerprint density at radius 3 is 2.44 bits per heavy atom. The topological polar surface area (TPSA) is 62.6 Å². The minimum Gasteiger partial charge on any atom is -0.459 e. The Morgan fingerprint density at radius 2 is 1.88 bits per heavy atom. The summed E-state index contributed by atoms with van der Waals surface area (Å²) in [6, 6.07) is 6.28. The number of carbonyl (C=O) groups excluding carboxylic acids is 2. The van der Waals surface area contributed by atoms with Crippen LogP contribution in [0.1, 0.15) is 28.6 Å². The summed E-state index contributed by atoms with van der Waals surface area (Å²) in [6.07, 6.45) is -3.23. The average Bonchev–Trinajstić information content (AvgIpc) is 2.97. The number of hydrogen-bond acceptors (Lipinski definition) is 3. The van der Waals surface area contributed by atoms with Crippen molar-refractivity contribution in [3.63, 3.8) is 0 Å². The first-order valence-electron chi connectivity index (χ1n) is 7.53. The third-order valence-electron chi connectivity index (χ3n) is 3.57. The number of halogens is 3. The van der Waals surface area contributed by atoms with Crippen LogP contribution in [0.3, 0.4) is 0 Å². The van der Waals surface area contributed by atoms with Gasteiger partial charge in [-0.15, -0.1) is 0 Å². The van der Waals surface area contributed by atoms with Crippen molar-refractivity contribution >= 4 is 17.5 Å². The highest BCUT2D eigenvalue weighted by Gasteiger charge is 2.33. The van der Waals surface area contributed by atoms with Gasteiger partial charge < -0.3 is 14.6 Å². The molecule has 1 N–H and O–H groups in total. The number of likely N-dealkylation sites (N-methyl/N-ethyl adjacent to an activating group) is 1. The summed E-state index contributed by atoms with van der Waals surface area (Å²) in [5.41, 5.74) is -0.677. The van der Waals surface area contributed by atoms with Crippen LogP contribution >= 0.6 is 0 Å². The van der Waals surface area contributed by atoms with Crippen molar-refractivity contribution in [2.75, 3.05) is 18.4 Å². The van der Waals surface area contributed by atoms with Crippen LogP contribution in [0.5, 0.6) is 0 Å². The molecule has 0 aliphatic carbocycles. The van der Waals surface area contributed by atoms with Gasteiger partial charge in [0.2, 0.25) is 5.91 Å². The van der Waals surface area contributed by atoms with E-state index in [1.807, 2.05) is 0 Å². The second-order valence-electron chi connectivity index (χ2n) is 5.34. The van der Waals surface area contributed by atoms with Crippen molar-refractivity contribution in [3.8, 4) is 0 Å². The van der Waals surface area contributed by atoms with Gasteiger partial charge in [-0.05, 0) is 32.0 Å². The van der Waals surface area contributed by atoms with E-state index in [9.17, 15) is 22.8 Å². The Bertz CT molecular complexity index is 768. The zero-order valence-electron chi connectivity index (χ0n) is 13.7. The van der Waals surface area contributed by atoms with Crippen LogP contribution in [0.25, 0.3) is 0 Å². The fourth-order valence-electron chi connectivity index (χ4n) is 2.27. The predicted octanol–water partition coefficient (Wildman–Crippen LogP) is 3.71. The minimum atomic E-state index is -4.59. The van der Waals surface area contributed by atoms with E-state index in [2.05, 4.69) is 5.32 Å². The molecule has 0 spiro atoms. The second kappa shape index (κ2) is 7.42. The molecule has 0 unspecified atom stereocenters. The quantitative estimate of drug-likeness (QED) is 0.890. The van der Waals surface area contributed by atoms with Crippen LogP contribution in [0.15, 0.2) is 41.0 Å². The van der Waals surface area contributed by atoms with Crippen LogP contribution in [0.2, 0.25) is 0 Å². The van der Waals surface area contributed by atoms with Gasteiger partial charge in [0.1, 0.15) is 6.54 Å². The zero-order valence-corrected chi connectivity index (χ0v) is 13.7. The normalized spacial score (nSPS) is 11.2. The molecule has 2 rings (SSSR count). The number of benzene rings is 1. The van der Waals surface area contributed by atoms with Crippen molar-refractivity contribution in [1.82, 2.24) is 4.90 Å². The van der Waals surface area contributed by atoms with Gasteiger partial charge in [0, 0.05) is 12.1 Å². The number of para-hydroxylation sites is 1. The van der Waals surface area contributed by atoms with E-state index in [0.29, 0.717) is 5.56 Å². The van der Waals surface area contributed by atoms with Crippen LogP contribution < -0.4 is 5.32 Å². The van der Waals surface area contributed by atoms with Crippen molar-refractivity contribution in [2.45, 2.75) is 20.0 Å². The highest BCUT2D eigenvalue weighted by atomic mass is 19.4. The Balaban J connectivity index is 2.12. The van der Waals surface area contributed by atoms with Crippen LogP contribution in [0.4, 0.5) is 18.9 Å². The summed E-state index contributed by atoms with van der Waals surface area (Å²) in [6.45, 7) is 3.16. The highest BCUT2D eigenvalue weighted by molar-refractivity contribution is 5.99. The number of alkyl halides is 3. The molecule has 0 saturated carbocycles. The van der Waals surface area contributed by atoms with E-state index in [-0.39, 0.29) is 24.5 Å². The molecular formula is C17H17F3N2O3. The minimum absolute atomic E-state index is 0.102. The summed E-state index contributed by atoms with van der Waals surface area (Å²) in [7, 11) is 0. The number of aryl methyl sites for hydroxylation is 1. The SMILES string of the molecule is CCN(CC(=O)Nc1ccccc1C(F)(F)F)C(=O)c1occc1C. The molecule has 1 aromatic carbocycles. The van der Waals surface area contributed by atoms with Gasteiger partial charge >= 0.3 is 6.18 Å². The van der Waals surface area contributed by atoms with Gasteiger partial charge in [-0.25, -0.2) is 0 Å². The van der Waals surface area contributed by atoms with E-state index in [1.54, 1.807) is 19.9 Å². The molecule has 1 aromatic heterocycles. The molecular weight excluding hydrogens is 337 g/mol. The van der Waals surface area contributed by atoms with Crippen molar-refractivity contribution in [1.29, 1.82) is 0 Å². The first kappa shape index (κ1) is 18.6. The molecule has 1 heterocycles. The standard InChI is InChI=1S/C17H17F3N2O3/c1-3-22(16(24)15-11(2)8-9-25-15)10-14(23)21-13-7-5-4-6-12(13)17(18,19)20/h4-9H,3,10H2,1-2H3,(H,21,23). The van der Waals surface area contributed by atoms with E-state index in [0.717, 1.165) is 12.1 Å². The maximum Gasteiger partial charge on any atom is 0.418 e. The second-order valence-corrected chi connectivity index (χ2v) is 5.34. The lowest BCUT2D eigenvalue weighted by molar-refractivity contribution is -0.137. The van der Waals surface area contributed by atoms with Gasteiger partial charge in [0.05, 0.1) is 17.5 Å². The molecule has 8 heteroatoms. The Hall–Kier alpha value is -2.77. The van der Waals surface area contributed by atoms with Crippen molar-refractivity contribution < 1.29 is 27.2 Å². The van der Waals surface area contributed by atoms with E-state index >= 15 is 0 Å². The average molecular weight is 354 g/mol. The molecule has 0 bridgehead atoms. The third kappa shape index (κ3) is 4.40. The number of nitrogens with zero attached hydrogens (tertiary/aromatic N) is 1. The molecule has 0 atom stereocenters. The first-order valence-corrected chi connectivity index (χ1v) is 7.53. The first-order chi connectivity index (χ1) is 11.7. The number of anilines is 1. The van der Waals surface area contributed by atoms with Crippen LogP contribution in [0, 0.1) is 6.92 Å². The molecule has 2 amide bonds.